The molecule has 4 heterocycles. The Bertz CT molecular complexity index is 1250. The van der Waals surface area contributed by atoms with Gasteiger partial charge >= 0.3 is 0 Å². The molecule has 1 saturated carbocycles. The molecule has 2 aromatic heterocycles. The van der Waals surface area contributed by atoms with Crippen LogP contribution in [0.1, 0.15) is 38.5 Å². The molecule has 2 saturated heterocycles. The van der Waals surface area contributed by atoms with E-state index in [1.165, 1.54) is 0 Å². The quantitative estimate of drug-likeness (QED) is 0.466. The molecule has 3 fully saturated rings. The lowest BCUT2D eigenvalue weighted by Gasteiger charge is -2.31. The number of hydrogen-bond donors (Lipinski definition) is 1. The highest BCUT2D eigenvalue weighted by molar-refractivity contribution is 5.89. The number of nitrogens with one attached hydrogen (secondary N) is 1. The molecule has 10 heteroatoms. The zero-order chi connectivity index (χ0) is 26.4. The van der Waals surface area contributed by atoms with E-state index in [2.05, 4.69) is 44.5 Å². The average molecular weight is 533 g/mol. The number of ether oxygens (including phenoxy) is 3. The Morgan fingerprint density at radius 2 is 1.74 bits per heavy atom. The van der Waals surface area contributed by atoms with E-state index in [9.17, 15) is 4.79 Å². The van der Waals surface area contributed by atoms with Crippen molar-refractivity contribution in [1.29, 1.82) is 0 Å². The molecule has 10 nitrogen and oxygen atoms in total. The summed E-state index contributed by atoms with van der Waals surface area (Å²) in [5.74, 6) is 2.76. The minimum absolute atomic E-state index is 0.0182. The Morgan fingerprint density at radius 1 is 1.00 bits per heavy atom. The first-order chi connectivity index (χ1) is 19.2. The monoisotopic (exact) mass is 532 g/mol. The van der Waals surface area contributed by atoms with Gasteiger partial charge in [-0.1, -0.05) is 18.2 Å². The Kier molecular flexibility index (Phi) is 7.90. The fraction of sp³-hybridized carbons (Fsp3) is 0.517. The number of rotatable bonds is 8. The van der Waals surface area contributed by atoms with Crippen molar-refractivity contribution in [2.24, 2.45) is 0 Å². The highest BCUT2D eigenvalue weighted by atomic mass is 16.5. The summed E-state index contributed by atoms with van der Waals surface area (Å²) in [6.07, 6.45) is 9.26. The van der Waals surface area contributed by atoms with E-state index >= 15 is 0 Å². The van der Waals surface area contributed by atoms with Crippen molar-refractivity contribution in [3.63, 3.8) is 0 Å². The van der Waals surface area contributed by atoms with Crippen LogP contribution in [0.15, 0.2) is 42.7 Å². The van der Waals surface area contributed by atoms with E-state index < -0.39 is 0 Å². The third-order valence-electron chi connectivity index (χ3n) is 7.76. The highest BCUT2D eigenvalue weighted by Crippen LogP contribution is 2.32. The Labute approximate surface area is 228 Å². The van der Waals surface area contributed by atoms with Crippen LogP contribution in [0.5, 0.6) is 11.6 Å². The second-order valence-corrected chi connectivity index (χ2v) is 10.5. The van der Waals surface area contributed by atoms with Crippen molar-refractivity contribution < 1.29 is 19.0 Å². The van der Waals surface area contributed by atoms with Crippen molar-refractivity contribution >= 4 is 28.4 Å². The summed E-state index contributed by atoms with van der Waals surface area (Å²) in [5.41, 5.74) is 0. The molecule has 39 heavy (non-hydrogen) atoms. The van der Waals surface area contributed by atoms with Crippen molar-refractivity contribution in [3.8, 4) is 11.6 Å². The normalized spacial score (nSPS) is 21.6. The summed E-state index contributed by atoms with van der Waals surface area (Å²) in [5, 5.41) is 5.63. The molecule has 206 valence electrons. The molecular formula is C29H36N6O4. The highest BCUT2D eigenvalue weighted by Gasteiger charge is 2.25. The zero-order valence-corrected chi connectivity index (χ0v) is 22.3. The zero-order valence-electron chi connectivity index (χ0n) is 22.3. The third-order valence-corrected chi connectivity index (χ3v) is 7.76. The molecule has 0 unspecified atom stereocenters. The maximum atomic E-state index is 12.2. The van der Waals surface area contributed by atoms with E-state index in [0.717, 1.165) is 94.5 Å². The van der Waals surface area contributed by atoms with Crippen LogP contribution in [-0.2, 0) is 9.53 Å². The number of carbonyl (C=O) groups excluding carboxylic acids is 1. The van der Waals surface area contributed by atoms with Gasteiger partial charge in [0.05, 0.1) is 25.6 Å². The molecule has 2 aliphatic heterocycles. The number of pyridine rings is 1. The number of likely N-dealkylation sites (tertiary alicyclic amines) is 1. The number of fused-ring (bicyclic) bond motifs is 1. The van der Waals surface area contributed by atoms with E-state index in [1.807, 2.05) is 11.0 Å². The summed E-state index contributed by atoms with van der Waals surface area (Å²) in [6.45, 7) is 4.80. The number of morpholine rings is 1. The van der Waals surface area contributed by atoms with Gasteiger partial charge in [0.15, 0.2) is 12.4 Å². The minimum Gasteiger partial charge on any atom is -0.481 e. The van der Waals surface area contributed by atoms with Crippen LogP contribution in [0.4, 0.5) is 11.8 Å². The Balaban J connectivity index is 1.01. The van der Waals surface area contributed by atoms with Crippen LogP contribution in [0.2, 0.25) is 0 Å². The molecule has 1 N–H and O–H groups in total. The van der Waals surface area contributed by atoms with Crippen molar-refractivity contribution in [2.45, 2.75) is 50.7 Å². The predicted molar refractivity (Wildman–Crippen MR) is 148 cm³/mol. The molecule has 6 rings (SSSR count). The lowest BCUT2D eigenvalue weighted by molar-refractivity contribution is -0.132. The number of carbonyl (C=O) groups is 1. The van der Waals surface area contributed by atoms with Gasteiger partial charge in [0.2, 0.25) is 11.8 Å². The molecule has 0 bridgehead atoms. The van der Waals surface area contributed by atoms with E-state index in [-0.39, 0.29) is 24.7 Å². The van der Waals surface area contributed by atoms with Crippen LogP contribution in [0.3, 0.4) is 0 Å². The summed E-state index contributed by atoms with van der Waals surface area (Å²) in [6, 6.07) is 10.7. The number of benzene rings is 1. The maximum Gasteiger partial charge on any atom is 0.260 e. The molecular weight excluding hydrogens is 496 g/mol. The molecule has 3 aliphatic rings. The van der Waals surface area contributed by atoms with Gasteiger partial charge in [0.1, 0.15) is 11.9 Å². The second-order valence-electron chi connectivity index (χ2n) is 10.5. The van der Waals surface area contributed by atoms with Crippen LogP contribution in [0, 0.1) is 0 Å². The first kappa shape index (κ1) is 25.6. The Morgan fingerprint density at radius 3 is 2.51 bits per heavy atom. The number of anilines is 2. The lowest BCUT2D eigenvalue weighted by atomic mass is 9.93. The van der Waals surface area contributed by atoms with Gasteiger partial charge in [0, 0.05) is 37.6 Å². The van der Waals surface area contributed by atoms with Crippen molar-refractivity contribution in [3.05, 3.63) is 42.7 Å². The minimum atomic E-state index is 0.0182. The van der Waals surface area contributed by atoms with Gasteiger partial charge in [-0.25, -0.2) is 9.97 Å². The summed E-state index contributed by atoms with van der Waals surface area (Å²) < 4.78 is 17.6. The largest absolute Gasteiger partial charge is 0.481 e. The van der Waals surface area contributed by atoms with E-state index in [1.54, 1.807) is 12.4 Å². The van der Waals surface area contributed by atoms with Gasteiger partial charge < -0.3 is 29.3 Å². The van der Waals surface area contributed by atoms with E-state index in [4.69, 9.17) is 19.2 Å². The summed E-state index contributed by atoms with van der Waals surface area (Å²) >= 11 is 0. The van der Waals surface area contributed by atoms with Crippen LogP contribution < -0.4 is 19.7 Å². The summed E-state index contributed by atoms with van der Waals surface area (Å²) in [7, 11) is 0. The second kappa shape index (κ2) is 12.0. The Hall–Kier alpha value is -3.66. The van der Waals surface area contributed by atoms with Crippen LogP contribution in [0.25, 0.3) is 10.8 Å². The van der Waals surface area contributed by atoms with Gasteiger partial charge in [-0.2, -0.15) is 4.98 Å². The predicted octanol–water partition coefficient (Wildman–Crippen LogP) is 3.66. The van der Waals surface area contributed by atoms with Crippen LogP contribution in [-0.4, -0.2) is 83.9 Å². The van der Waals surface area contributed by atoms with Gasteiger partial charge in [-0.3, -0.25) is 4.79 Å². The fourth-order valence-electron chi connectivity index (χ4n) is 5.53. The standard InChI is InChI=1S/C29H36N6O4/c36-27(35-11-3-4-12-35)20-38-24-18-30-29(31-19-24)32-22-7-9-23(10-8-22)39-28-25-6-2-1-5-21(25)17-26(33-28)34-13-15-37-16-14-34/h1-2,5-6,17-19,22-23H,3-4,7-16,20H2,(H,30,31,32). The SMILES string of the molecule is O=C(COc1cnc(NC2CCC(Oc3nc(N4CCOCC4)cc4ccccc34)CC2)nc1)N1CCCC1. The molecule has 1 aliphatic carbocycles. The van der Waals surface area contributed by atoms with Gasteiger partial charge in [-0.15, -0.1) is 0 Å². The molecule has 1 amide bonds. The molecule has 0 radical (unpaired) electrons. The third kappa shape index (κ3) is 6.33. The molecule has 0 spiro atoms. The van der Waals surface area contributed by atoms with E-state index in [0.29, 0.717) is 17.6 Å². The summed E-state index contributed by atoms with van der Waals surface area (Å²) in [4.78, 5) is 30.0. The number of aromatic nitrogens is 3. The lowest BCUT2D eigenvalue weighted by Crippen LogP contribution is -2.37. The molecule has 0 atom stereocenters. The van der Waals surface area contributed by atoms with Gasteiger partial charge in [0.25, 0.3) is 5.91 Å². The van der Waals surface area contributed by atoms with Crippen LogP contribution >= 0.6 is 0 Å². The molecule has 3 aromatic rings. The molecule has 1 aromatic carbocycles. The number of nitrogens with zero attached hydrogens (tertiary/aromatic N) is 5. The first-order valence-electron chi connectivity index (χ1n) is 14.1. The average Bonchev–Trinajstić information content (AvgIpc) is 3.54. The number of hydrogen-bond acceptors (Lipinski definition) is 9. The van der Waals surface area contributed by atoms with Crippen molar-refractivity contribution in [2.75, 3.05) is 56.2 Å². The topological polar surface area (TPSA) is 102 Å². The smallest absolute Gasteiger partial charge is 0.260 e. The maximum absolute atomic E-state index is 12.2. The van der Waals surface area contributed by atoms with Gasteiger partial charge in [-0.05, 0) is 56.0 Å². The van der Waals surface area contributed by atoms with Crippen molar-refractivity contribution in [1.82, 2.24) is 19.9 Å². The fourth-order valence-corrected chi connectivity index (χ4v) is 5.53. The number of amides is 1. The first-order valence-corrected chi connectivity index (χ1v) is 14.1.